The first kappa shape index (κ1) is 12.4. The molecule has 1 aliphatic rings. The molecule has 2 aromatic rings. The van der Waals surface area contributed by atoms with Gasteiger partial charge in [0, 0.05) is 11.5 Å². The molecule has 0 spiro atoms. The Labute approximate surface area is 120 Å². The Morgan fingerprint density at radius 1 is 1.11 bits per heavy atom. The molecule has 0 saturated heterocycles. The number of carbonyl (C=O) groups is 1. The number of Topliss-reactive ketones (excluding diaryl/α,β-unsaturated/α-hetero) is 1. The molecule has 19 heavy (non-hydrogen) atoms. The molecule has 2 atom stereocenters. The zero-order valence-electron chi connectivity index (χ0n) is 10.5. The van der Waals surface area contributed by atoms with E-state index in [9.17, 15) is 4.79 Å². The van der Waals surface area contributed by atoms with Crippen LogP contribution >= 0.6 is 15.9 Å². The molecule has 0 aromatic heterocycles. The lowest BCUT2D eigenvalue weighted by atomic mass is 9.93. The minimum absolute atomic E-state index is 0.0783. The van der Waals surface area contributed by atoms with E-state index in [4.69, 9.17) is 4.74 Å². The minimum Gasteiger partial charge on any atom is -0.497 e. The Morgan fingerprint density at radius 3 is 2.53 bits per heavy atom. The van der Waals surface area contributed by atoms with Gasteiger partial charge in [-0.3, -0.25) is 4.79 Å². The van der Waals surface area contributed by atoms with Crippen LogP contribution in [0.1, 0.15) is 27.4 Å². The third kappa shape index (κ3) is 1.98. The first-order chi connectivity index (χ1) is 9.22. The van der Waals surface area contributed by atoms with E-state index < -0.39 is 0 Å². The van der Waals surface area contributed by atoms with Crippen LogP contribution in [-0.2, 0) is 0 Å². The Hall–Kier alpha value is -1.61. The van der Waals surface area contributed by atoms with Crippen molar-refractivity contribution in [2.75, 3.05) is 7.11 Å². The summed E-state index contributed by atoms with van der Waals surface area (Å²) >= 11 is 3.54. The molecule has 2 aromatic carbocycles. The molecule has 0 amide bonds. The summed E-state index contributed by atoms with van der Waals surface area (Å²) in [6.45, 7) is 0. The van der Waals surface area contributed by atoms with Gasteiger partial charge in [0.05, 0.1) is 11.9 Å². The van der Waals surface area contributed by atoms with Crippen molar-refractivity contribution in [3.8, 4) is 5.75 Å². The molecule has 0 saturated carbocycles. The summed E-state index contributed by atoms with van der Waals surface area (Å²) in [4.78, 5) is 12.1. The van der Waals surface area contributed by atoms with Gasteiger partial charge in [-0.05, 0) is 23.3 Å². The number of ketones is 1. The predicted molar refractivity (Wildman–Crippen MR) is 78.3 cm³/mol. The second kappa shape index (κ2) is 4.82. The van der Waals surface area contributed by atoms with Crippen molar-refractivity contribution in [2.24, 2.45) is 0 Å². The number of fused-ring (bicyclic) bond motifs is 1. The molecule has 0 bridgehead atoms. The number of rotatable bonds is 2. The Kier molecular flexibility index (Phi) is 3.15. The first-order valence-electron chi connectivity index (χ1n) is 6.13. The fraction of sp³-hybridized carbons (Fsp3) is 0.188. The number of benzene rings is 2. The van der Waals surface area contributed by atoms with Crippen LogP contribution < -0.4 is 4.74 Å². The van der Waals surface area contributed by atoms with Gasteiger partial charge in [0.2, 0.25) is 0 Å². The molecular weight excluding hydrogens is 304 g/mol. The molecule has 0 aliphatic heterocycles. The molecule has 0 heterocycles. The Morgan fingerprint density at radius 2 is 1.84 bits per heavy atom. The van der Waals surface area contributed by atoms with Crippen LogP contribution in [0.4, 0.5) is 0 Å². The molecule has 96 valence electrons. The quantitative estimate of drug-likeness (QED) is 0.788. The van der Waals surface area contributed by atoms with E-state index in [1.165, 1.54) is 0 Å². The van der Waals surface area contributed by atoms with E-state index >= 15 is 0 Å². The Balaban J connectivity index is 2.13. The largest absolute Gasteiger partial charge is 0.497 e. The highest BCUT2D eigenvalue weighted by atomic mass is 79.9. The number of methoxy groups -OCH3 is 1. The zero-order valence-corrected chi connectivity index (χ0v) is 12.1. The van der Waals surface area contributed by atoms with Gasteiger partial charge in [0.25, 0.3) is 0 Å². The normalized spacial score (nSPS) is 21.3. The topological polar surface area (TPSA) is 26.3 Å². The average molecular weight is 317 g/mol. The molecule has 3 heteroatoms. The smallest absolute Gasteiger partial charge is 0.177 e. The van der Waals surface area contributed by atoms with Gasteiger partial charge >= 0.3 is 0 Å². The van der Waals surface area contributed by atoms with Crippen LogP contribution in [0, 0.1) is 0 Å². The van der Waals surface area contributed by atoms with Crippen molar-refractivity contribution >= 4 is 21.7 Å². The van der Waals surface area contributed by atoms with Crippen LogP contribution in [0.2, 0.25) is 0 Å². The Bertz CT molecular complexity index is 622. The van der Waals surface area contributed by atoms with Gasteiger partial charge in [-0.1, -0.05) is 52.3 Å². The van der Waals surface area contributed by atoms with Crippen molar-refractivity contribution < 1.29 is 9.53 Å². The number of carbonyl (C=O) groups excluding carboxylic acids is 1. The monoisotopic (exact) mass is 316 g/mol. The van der Waals surface area contributed by atoms with Gasteiger partial charge in [0.1, 0.15) is 5.75 Å². The van der Waals surface area contributed by atoms with E-state index in [0.29, 0.717) is 0 Å². The summed E-state index contributed by atoms with van der Waals surface area (Å²) in [5, 5.41) is 0. The molecule has 1 aliphatic carbocycles. The minimum atomic E-state index is -0.197. The van der Waals surface area contributed by atoms with Crippen LogP contribution in [0.15, 0.2) is 48.5 Å². The van der Waals surface area contributed by atoms with Crippen LogP contribution in [0.5, 0.6) is 5.75 Å². The second-order valence-corrected chi connectivity index (χ2v) is 5.59. The van der Waals surface area contributed by atoms with Crippen molar-refractivity contribution in [3.63, 3.8) is 0 Å². The van der Waals surface area contributed by atoms with E-state index in [2.05, 4.69) is 28.1 Å². The average Bonchev–Trinajstić information content (AvgIpc) is 2.71. The molecule has 0 fully saturated rings. The summed E-state index contributed by atoms with van der Waals surface area (Å²) in [5.41, 5.74) is 2.98. The maximum atomic E-state index is 12.3. The van der Waals surface area contributed by atoms with Crippen LogP contribution in [0.3, 0.4) is 0 Å². The van der Waals surface area contributed by atoms with E-state index in [1.54, 1.807) is 7.11 Å². The lowest BCUT2D eigenvalue weighted by Gasteiger charge is -2.15. The van der Waals surface area contributed by atoms with E-state index in [1.807, 2.05) is 36.4 Å². The molecule has 0 N–H and O–H groups in total. The predicted octanol–water partition coefficient (Wildman–Crippen LogP) is 3.79. The lowest BCUT2D eigenvalue weighted by Crippen LogP contribution is -2.13. The second-order valence-electron chi connectivity index (χ2n) is 4.61. The first-order valence-corrected chi connectivity index (χ1v) is 7.05. The third-order valence-electron chi connectivity index (χ3n) is 3.56. The van der Waals surface area contributed by atoms with Crippen molar-refractivity contribution in [2.45, 2.75) is 10.7 Å². The standard InChI is InChI=1S/C16H13BrO2/c1-19-11-7-8-12-13(9-11)16(18)15(17)14(12)10-5-3-2-4-6-10/h2-9,14-15H,1H3/t14-,15+/m1/s1. The van der Waals surface area contributed by atoms with Gasteiger partial charge in [-0.15, -0.1) is 0 Å². The van der Waals surface area contributed by atoms with Gasteiger partial charge < -0.3 is 4.74 Å². The van der Waals surface area contributed by atoms with E-state index in [0.717, 1.165) is 22.4 Å². The summed E-state index contributed by atoms with van der Waals surface area (Å²) < 4.78 is 5.20. The molecule has 2 nitrogen and oxygen atoms in total. The molecule has 0 unspecified atom stereocenters. The number of halogens is 1. The number of hydrogen-bond donors (Lipinski definition) is 0. The molecule has 3 rings (SSSR count). The summed E-state index contributed by atoms with van der Waals surface area (Å²) in [6, 6.07) is 15.8. The van der Waals surface area contributed by atoms with Crippen LogP contribution in [0.25, 0.3) is 0 Å². The lowest BCUT2D eigenvalue weighted by molar-refractivity contribution is 0.0999. The fourth-order valence-electron chi connectivity index (χ4n) is 2.61. The van der Waals surface area contributed by atoms with Crippen molar-refractivity contribution in [1.29, 1.82) is 0 Å². The third-order valence-corrected chi connectivity index (χ3v) is 4.51. The highest BCUT2D eigenvalue weighted by molar-refractivity contribution is 9.10. The van der Waals surface area contributed by atoms with Gasteiger partial charge in [0.15, 0.2) is 5.78 Å². The SMILES string of the molecule is COc1ccc2c(c1)C(=O)[C@@H](Br)[C@@H]2c1ccccc1. The molecular formula is C16H13BrO2. The van der Waals surface area contributed by atoms with Crippen molar-refractivity contribution in [3.05, 3.63) is 65.2 Å². The van der Waals surface area contributed by atoms with Gasteiger partial charge in [-0.25, -0.2) is 0 Å². The zero-order chi connectivity index (χ0) is 13.4. The van der Waals surface area contributed by atoms with Gasteiger partial charge in [-0.2, -0.15) is 0 Å². The summed E-state index contributed by atoms with van der Waals surface area (Å²) in [7, 11) is 1.61. The van der Waals surface area contributed by atoms with Crippen LogP contribution in [-0.4, -0.2) is 17.7 Å². The highest BCUT2D eigenvalue weighted by Crippen LogP contribution is 2.43. The molecule has 0 radical (unpaired) electrons. The van der Waals surface area contributed by atoms with Crippen molar-refractivity contribution in [1.82, 2.24) is 0 Å². The maximum absolute atomic E-state index is 12.3. The number of alkyl halides is 1. The summed E-state index contributed by atoms with van der Waals surface area (Å²) in [5.74, 6) is 0.929. The number of hydrogen-bond acceptors (Lipinski definition) is 2. The maximum Gasteiger partial charge on any atom is 0.177 e. The number of ether oxygens (including phenoxy) is 1. The van der Waals surface area contributed by atoms with E-state index in [-0.39, 0.29) is 16.5 Å². The highest BCUT2D eigenvalue weighted by Gasteiger charge is 2.39. The fourth-order valence-corrected chi connectivity index (χ4v) is 3.45. The summed E-state index contributed by atoms with van der Waals surface area (Å²) in [6.07, 6.45) is 0.